The Hall–Kier alpha value is -3.57. The van der Waals surface area contributed by atoms with E-state index in [1.54, 1.807) is 0 Å². The molecule has 10 heteroatoms. The Morgan fingerprint density at radius 1 is 0.946 bits per heavy atom. The van der Waals surface area contributed by atoms with Crippen molar-refractivity contribution in [2.45, 2.75) is 30.1 Å². The van der Waals surface area contributed by atoms with Crippen LogP contribution < -0.4 is 25.8 Å². The van der Waals surface area contributed by atoms with Gasteiger partial charge >= 0.3 is 0 Å². The third-order valence-corrected chi connectivity index (χ3v) is 6.25. The van der Waals surface area contributed by atoms with Crippen molar-refractivity contribution in [2.24, 2.45) is 5.73 Å². The van der Waals surface area contributed by atoms with Gasteiger partial charge in [-0.15, -0.1) is 12.6 Å². The maximum absolute atomic E-state index is 13.1. The first-order valence-corrected chi connectivity index (χ1v) is 11.9. The third-order valence-electron chi connectivity index (χ3n) is 5.95. The lowest BCUT2D eigenvalue weighted by atomic mass is 9.94. The Bertz CT molecular complexity index is 1220. The summed E-state index contributed by atoms with van der Waals surface area (Å²) >= 11 is 4.33. The monoisotopic (exact) mass is 527 g/mol. The number of benzene rings is 3. The van der Waals surface area contributed by atoms with E-state index in [1.807, 2.05) is 66.7 Å². The van der Waals surface area contributed by atoms with Crippen LogP contribution in [0.3, 0.4) is 0 Å². The Labute approximate surface area is 221 Å². The normalized spacial score (nSPS) is 13.6. The molecule has 1 saturated carbocycles. The minimum Gasteiger partial charge on any atom is -0.454 e. The molecule has 0 radical (unpaired) electrons. The third kappa shape index (κ3) is 7.23. The summed E-state index contributed by atoms with van der Waals surface area (Å²) in [7, 11) is 0. The van der Waals surface area contributed by atoms with Gasteiger partial charge in [-0.05, 0) is 65.9 Å². The van der Waals surface area contributed by atoms with Gasteiger partial charge in [0.15, 0.2) is 11.5 Å². The van der Waals surface area contributed by atoms with Gasteiger partial charge in [-0.2, -0.15) is 0 Å². The molecule has 0 aromatic heterocycles. The van der Waals surface area contributed by atoms with Crippen LogP contribution in [0.5, 0.6) is 11.5 Å². The molecule has 0 spiro atoms. The highest BCUT2D eigenvalue weighted by molar-refractivity contribution is 7.80. The summed E-state index contributed by atoms with van der Waals surface area (Å²) in [5.41, 5.74) is 8.50. The number of hydrogen-bond donors (Lipinski definition) is 4. The lowest BCUT2D eigenvalue weighted by Gasteiger charge is -2.17. The molecule has 0 unspecified atom stereocenters. The minimum absolute atomic E-state index is 0. The van der Waals surface area contributed by atoms with Gasteiger partial charge < -0.3 is 36.8 Å². The molecular weight excluding hydrogens is 494 g/mol. The molecule has 9 nitrogen and oxygen atoms in total. The molecule has 5 rings (SSSR count). The highest BCUT2D eigenvalue weighted by Crippen LogP contribution is 2.51. The fourth-order valence-corrected chi connectivity index (χ4v) is 4.04. The van der Waals surface area contributed by atoms with Crippen molar-refractivity contribution < 1.29 is 30.0 Å². The molecule has 198 valence electrons. The molecule has 2 amide bonds. The molecule has 37 heavy (non-hydrogen) atoms. The van der Waals surface area contributed by atoms with Crippen LogP contribution in [0.25, 0.3) is 11.1 Å². The first-order valence-electron chi connectivity index (χ1n) is 11.5. The van der Waals surface area contributed by atoms with Gasteiger partial charge in [0.05, 0.1) is 5.41 Å². The molecule has 2 aliphatic rings. The fourth-order valence-electron chi connectivity index (χ4n) is 3.90. The van der Waals surface area contributed by atoms with E-state index in [0.717, 1.165) is 45.9 Å². The van der Waals surface area contributed by atoms with Gasteiger partial charge in [-0.1, -0.05) is 30.3 Å². The second-order valence-electron chi connectivity index (χ2n) is 8.50. The van der Waals surface area contributed by atoms with E-state index in [2.05, 4.69) is 23.3 Å². The summed E-state index contributed by atoms with van der Waals surface area (Å²) in [5, 5.41) is 5.64. The zero-order valence-electron chi connectivity index (χ0n) is 20.5. The fraction of sp³-hybridized carbons (Fsp3) is 0.259. The van der Waals surface area contributed by atoms with Crippen molar-refractivity contribution >= 4 is 30.1 Å². The Morgan fingerprint density at radius 2 is 1.65 bits per heavy atom. The lowest BCUT2D eigenvalue weighted by molar-refractivity contribution is -0.119. The summed E-state index contributed by atoms with van der Waals surface area (Å²) in [6.45, 7) is 2.80. The average molecular weight is 528 g/mol. The van der Waals surface area contributed by atoms with Gasteiger partial charge in [0.1, 0.15) is 0 Å². The van der Waals surface area contributed by atoms with E-state index in [0.29, 0.717) is 18.8 Å². The van der Waals surface area contributed by atoms with E-state index >= 15 is 0 Å². The average Bonchev–Trinajstić information content (AvgIpc) is 3.54. The highest BCUT2D eigenvalue weighted by Gasteiger charge is 2.51. The number of nitrogens with two attached hydrogens (primary N) is 1. The van der Waals surface area contributed by atoms with Crippen LogP contribution >= 0.6 is 12.6 Å². The van der Waals surface area contributed by atoms with Gasteiger partial charge in [0.2, 0.25) is 18.6 Å². The molecule has 1 heterocycles. The molecule has 3 aromatic carbocycles. The topological polar surface area (TPSA) is 166 Å². The number of thiol groups is 1. The molecule has 3 aromatic rings. The quantitative estimate of drug-likeness (QED) is 0.361. The van der Waals surface area contributed by atoms with Crippen LogP contribution in [0.2, 0.25) is 0 Å². The number of rotatable bonds is 6. The zero-order valence-corrected chi connectivity index (χ0v) is 21.4. The maximum atomic E-state index is 13.1. The van der Waals surface area contributed by atoms with E-state index < -0.39 is 5.41 Å². The molecule has 0 bridgehead atoms. The van der Waals surface area contributed by atoms with Crippen LogP contribution in [0, 0.1) is 0 Å². The predicted octanol–water partition coefficient (Wildman–Crippen LogP) is 2.47. The summed E-state index contributed by atoms with van der Waals surface area (Å²) in [6.07, 6.45) is 1.67. The summed E-state index contributed by atoms with van der Waals surface area (Å²) < 4.78 is 10.9. The van der Waals surface area contributed by atoms with Crippen LogP contribution in [-0.2, 0) is 15.0 Å². The number of carbonyl (C=O) groups is 2. The van der Waals surface area contributed by atoms with Crippen LogP contribution in [0.4, 0.5) is 5.69 Å². The zero-order chi connectivity index (χ0) is 24.8. The van der Waals surface area contributed by atoms with Crippen molar-refractivity contribution in [1.82, 2.24) is 5.32 Å². The van der Waals surface area contributed by atoms with Crippen molar-refractivity contribution in [3.8, 4) is 22.6 Å². The minimum atomic E-state index is -0.481. The smallest absolute Gasteiger partial charge is 0.235 e. The largest absolute Gasteiger partial charge is 0.454 e. The number of fused-ring (bicyclic) bond motifs is 1. The van der Waals surface area contributed by atoms with Crippen LogP contribution in [0.1, 0.15) is 25.3 Å². The summed E-state index contributed by atoms with van der Waals surface area (Å²) in [5.74, 6) is 1.45. The molecule has 8 N–H and O–H groups in total. The van der Waals surface area contributed by atoms with Gasteiger partial charge in [0, 0.05) is 30.6 Å². The molecular formula is C27H33N3O6S. The van der Waals surface area contributed by atoms with E-state index in [1.165, 1.54) is 6.92 Å². The Morgan fingerprint density at radius 3 is 2.27 bits per heavy atom. The van der Waals surface area contributed by atoms with Crippen molar-refractivity contribution in [1.29, 1.82) is 0 Å². The Kier molecular flexibility index (Phi) is 10.5. The number of nitrogens with one attached hydrogen (secondary N) is 2. The van der Waals surface area contributed by atoms with Gasteiger partial charge in [0.25, 0.3) is 0 Å². The number of amides is 2. The number of carbonyl (C=O) groups excluding carboxylic acids is 2. The van der Waals surface area contributed by atoms with Crippen molar-refractivity contribution in [3.05, 3.63) is 72.3 Å². The van der Waals surface area contributed by atoms with Gasteiger partial charge in [-0.3, -0.25) is 9.59 Å². The predicted molar refractivity (Wildman–Crippen MR) is 146 cm³/mol. The maximum Gasteiger partial charge on any atom is 0.235 e. The molecule has 1 aliphatic carbocycles. The lowest BCUT2D eigenvalue weighted by Crippen LogP contribution is -2.27. The van der Waals surface area contributed by atoms with E-state index in [9.17, 15) is 9.59 Å². The van der Waals surface area contributed by atoms with Crippen molar-refractivity contribution in [2.75, 3.05) is 25.2 Å². The summed E-state index contributed by atoms with van der Waals surface area (Å²) in [4.78, 5) is 24.1. The van der Waals surface area contributed by atoms with Crippen LogP contribution in [-0.4, -0.2) is 42.6 Å². The van der Waals surface area contributed by atoms with Crippen LogP contribution in [0.15, 0.2) is 71.6 Å². The van der Waals surface area contributed by atoms with Crippen molar-refractivity contribution in [3.63, 3.8) is 0 Å². The number of hydrogen-bond acceptors (Lipinski definition) is 6. The number of ether oxygens (including phenoxy) is 2. The SMILES string of the molecule is CC(=O)NCCN.O.O.O=C(Nc1cccc(-c2ccc(S)cc2)c1)C1(c2ccc3c(c2)OCO3)CC1. The second kappa shape index (κ2) is 13.1. The van der Waals surface area contributed by atoms with Gasteiger partial charge in [-0.25, -0.2) is 0 Å². The second-order valence-corrected chi connectivity index (χ2v) is 9.02. The highest BCUT2D eigenvalue weighted by atomic mass is 32.1. The Balaban J connectivity index is 0.000000476. The van der Waals surface area contributed by atoms with E-state index in [-0.39, 0.29) is 29.6 Å². The molecule has 0 saturated heterocycles. The number of anilines is 1. The molecule has 1 fully saturated rings. The summed E-state index contributed by atoms with van der Waals surface area (Å²) in [6, 6.07) is 21.7. The van der Waals surface area contributed by atoms with E-state index in [4.69, 9.17) is 15.2 Å². The molecule has 0 atom stereocenters. The first kappa shape index (κ1) is 29.7. The molecule has 1 aliphatic heterocycles. The standard InChI is InChI=1S/C23H19NO3S.C4H10N2O.2H2O/c25-22(23(10-11-23)17-6-9-20-21(13-17)27-14-26-20)24-18-3-1-2-16(12-18)15-4-7-19(28)8-5-15;1-4(7)6-3-2-5;;/h1-9,12-13,28H,10-11,14H2,(H,24,25);2-3,5H2,1H3,(H,6,7);2*1H2. The first-order chi connectivity index (χ1) is 16.9.